The number of nitrogens with one attached hydrogen (secondary N) is 2. The van der Waals surface area contributed by atoms with Gasteiger partial charge < -0.3 is 9.57 Å². The summed E-state index contributed by atoms with van der Waals surface area (Å²) in [5.74, 6) is -0.296. The number of thiazole rings is 1. The Bertz CT molecular complexity index is 1140. The van der Waals surface area contributed by atoms with Crippen LogP contribution in [0.1, 0.15) is 5.56 Å². The van der Waals surface area contributed by atoms with Gasteiger partial charge in [0, 0.05) is 0 Å². The minimum absolute atomic E-state index is 0.145. The van der Waals surface area contributed by atoms with E-state index in [-0.39, 0.29) is 5.13 Å². The van der Waals surface area contributed by atoms with Crippen LogP contribution < -0.4 is 20.1 Å². The zero-order valence-corrected chi connectivity index (χ0v) is 16.5. The van der Waals surface area contributed by atoms with Gasteiger partial charge in [-0.15, -0.1) is 0 Å². The van der Waals surface area contributed by atoms with Gasteiger partial charge in [-0.25, -0.2) is 23.2 Å². The summed E-state index contributed by atoms with van der Waals surface area (Å²) in [4.78, 5) is 21.2. The first kappa shape index (κ1) is 18.5. The summed E-state index contributed by atoms with van der Waals surface area (Å²) in [6.07, 6.45) is 0. The highest BCUT2D eigenvalue weighted by molar-refractivity contribution is 7.94. The Morgan fingerprint density at radius 3 is 2.71 bits per heavy atom. The maximum atomic E-state index is 12.9. The van der Waals surface area contributed by atoms with Gasteiger partial charge in [0.1, 0.15) is 5.75 Å². The summed E-state index contributed by atoms with van der Waals surface area (Å²) in [6.45, 7) is 1.90. The van der Waals surface area contributed by atoms with E-state index in [1.165, 1.54) is 0 Å². The van der Waals surface area contributed by atoms with Crippen molar-refractivity contribution in [2.45, 2.75) is 12.3 Å². The summed E-state index contributed by atoms with van der Waals surface area (Å²) >= 11 is 1.14. The number of rotatable bonds is 5. The second kappa shape index (κ2) is 6.93. The number of benzene rings is 2. The number of hydrogen-bond acceptors (Lipinski definition) is 9. The Labute approximate surface area is 164 Å². The molecule has 1 unspecified atom stereocenters. The van der Waals surface area contributed by atoms with E-state index >= 15 is 0 Å². The first-order chi connectivity index (χ1) is 13.4. The number of carbonyl (C=O) groups excluding carboxylic acids is 1. The highest BCUT2D eigenvalue weighted by atomic mass is 32.2. The Morgan fingerprint density at radius 1 is 1.25 bits per heavy atom. The number of hydrogen-bond donors (Lipinski definition) is 2. The van der Waals surface area contributed by atoms with E-state index in [1.54, 1.807) is 49.6 Å². The molecule has 11 heteroatoms. The molecule has 146 valence electrons. The zero-order chi connectivity index (χ0) is 19.9. The Morgan fingerprint density at radius 2 is 2.00 bits per heavy atom. The van der Waals surface area contributed by atoms with Crippen LogP contribution in [-0.2, 0) is 19.7 Å². The standard InChI is InChI=1S/C17H16N4O5S2/c1-10-3-5-11(6-4-10)21-15(16(22)26-20-21)28(23,24)19-17-18-13-8-7-12(25-2)9-14(13)27-17/h3-9,15,20H,1-2H3,(H,18,19). The minimum atomic E-state index is -4.18. The van der Waals surface area contributed by atoms with Crippen LogP contribution in [0.2, 0.25) is 0 Å². The number of methoxy groups -OCH3 is 1. The van der Waals surface area contributed by atoms with Crippen molar-refractivity contribution in [1.82, 2.24) is 10.6 Å². The highest BCUT2D eigenvalue weighted by Crippen LogP contribution is 2.31. The molecule has 0 spiro atoms. The first-order valence-corrected chi connectivity index (χ1v) is 10.5. The maximum absolute atomic E-state index is 12.9. The third kappa shape index (κ3) is 3.35. The molecular weight excluding hydrogens is 404 g/mol. The molecule has 2 heterocycles. The topological polar surface area (TPSA) is 110 Å². The van der Waals surface area contributed by atoms with Crippen molar-refractivity contribution < 1.29 is 22.8 Å². The van der Waals surface area contributed by atoms with Crippen molar-refractivity contribution in [3.63, 3.8) is 0 Å². The van der Waals surface area contributed by atoms with Crippen LogP contribution in [0.3, 0.4) is 0 Å². The average Bonchev–Trinajstić information content (AvgIpc) is 3.24. The average molecular weight is 420 g/mol. The molecule has 0 radical (unpaired) electrons. The summed E-state index contributed by atoms with van der Waals surface area (Å²) in [5, 5.41) is -0.302. The number of aryl methyl sites for hydroxylation is 1. The molecule has 1 aliphatic heterocycles. The van der Waals surface area contributed by atoms with Gasteiger partial charge in [-0.1, -0.05) is 34.6 Å². The van der Waals surface area contributed by atoms with Crippen LogP contribution >= 0.6 is 11.3 Å². The summed E-state index contributed by atoms with van der Waals surface area (Å²) in [7, 11) is -2.63. The van der Waals surface area contributed by atoms with E-state index in [0.29, 0.717) is 17.0 Å². The predicted octanol–water partition coefficient (Wildman–Crippen LogP) is 2.16. The van der Waals surface area contributed by atoms with E-state index in [0.717, 1.165) is 26.6 Å². The molecule has 4 rings (SSSR count). The normalized spacial score (nSPS) is 17.0. The lowest BCUT2D eigenvalue weighted by molar-refractivity contribution is -0.142. The SMILES string of the molecule is COc1ccc2nc(NS(=O)(=O)C3C(=O)ONN3c3ccc(C)cc3)sc2c1. The molecule has 1 fully saturated rings. The number of aromatic nitrogens is 1. The monoisotopic (exact) mass is 420 g/mol. The van der Waals surface area contributed by atoms with Crippen LogP contribution in [0.4, 0.5) is 10.8 Å². The second-order valence-corrected chi connectivity index (χ2v) is 8.84. The Hall–Kier alpha value is -2.89. The van der Waals surface area contributed by atoms with Gasteiger partial charge in [-0.2, -0.15) is 0 Å². The molecule has 9 nitrogen and oxygen atoms in total. The molecule has 3 aromatic rings. The number of sulfonamides is 1. The van der Waals surface area contributed by atoms with Gasteiger partial charge in [0.15, 0.2) is 5.13 Å². The molecule has 0 saturated carbocycles. The summed E-state index contributed by atoms with van der Waals surface area (Å²) < 4.78 is 34.1. The third-order valence-electron chi connectivity index (χ3n) is 4.11. The fraction of sp³-hybridized carbons (Fsp3) is 0.176. The lowest BCUT2D eigenvalue weighted by Gasteiger charge is -2.21. The number of hydrazine groups is 1. The van der Waals surface area contributed by atoms with Gasteiger partial charge in [-0.3, -0.25) is 4.72 Å². The predicted molar refractivity (Wildman–Crippen MR) is 105 cm³/mol. The van der Waals surface area contributed by atoms with E-state index in [9.17, 15) is 13.2 Å². The molecule has 1 atom stereocenters. The van der Waals surface area contributed by atoms with Crippen molar-refractivity contribution in [3.8, 4) is 5.75 Å². The maximum Gasteiger partial charge on any atom is 0.368 e. The van der Waals surface area contributed by atoms with E-state index in [2.05, 4.69) is 15.3 Å². The quantitative estimate of drug-likeness (QED) is 0.646. The van der Waals surface area contributed by atoms with E-state index < -0.39 is 21.4 Å². The van der Waals surface area contributed by atoms with Crippen molar-refractivity contribution in [3.05, 3.63) is 48.0 Å². The number of fused-ring (bicyclic) bond motifs is 1. The van der Waals surface area contributed by atoms with E-state index in [1.807, 2.05) is 6.92 Å². The molecular formula is C17H16N4O5S2. The van der Waals surface area contributed by atoms with Crippen LogP contribution in [0.15, 0.2) is 42.5 Å². The second-order valence-electron chi connectivity index (χ2n) is 6.07. The van der Waals surface area contributed by atoms with Crippen LogP contribution in [0.5, 0.6) is 5.75 Å². The van der Waals surface area contributed by atoms with Gasteiger partial charge in [0.05, 0.1) is 23.0 Å². The van der Waals surface area contributed by atoms with Gasteiger partial charge in [0.25, 0.3) is 15.4 Å². The van der Waals surface area contributed by atoms with Crippen molar-refractivity contribution >= 4 is 48.4 Å². The van der Waals surface area contributed by atoms with Gasteiger partial charge in [0.2, 0.25) is 0 Å². The van der Waals surface area contributed by atoms with Crippen LogP contribution in [0, 0.1) is 6.92 Å². The molecule has 1 saturated heterocycles. The highest BCUT2D eigenvalue weighted by Gasteiger charge is 2.46. The largest absolute Gasteiger partial charge is 0.497 e. The number of nitrogens with zero attached hydrogens (tertiary/aromatic N) is 2. The third-order valence-corrected chi connectivity index (χ3v) is 6.64. The fourth-order valence-electron chi connectivity index (χ4n) is 2.71. The van der Waals surface area contributed by atoms with E-state index in [4.69, 9.17) is 9.57 Å². The molecule has 2 N–H and O–H groups in total. The molecule has 2 aromatic carbocycles. The number of ether oxygens (including phenoxy) is 1. The van der Waals surface area contributed by atoms with Crippen molar-refractivity contribution in [1.29, 1.82) is 0 Å². The summed E-state index contributed by atoms with van der Waals surface area (Å²) in [5.41, 5.74) is 4.44. The Kier molecular flexibility index (Phi) is 4.57. The first-order valence-electron chi connectivity index (χ1n) is 8.16. The van der Waals surface area contributed by atoms with Gasteiger partial charge in [-0.05, 0) is 37.3 Å². The molecule has 0 aliphatic carbocycles. The lowest BCUT2D eigenvalue weighted by Crippen LogP contribution is -2.46. The van der Waals surface area contributed by atoms with Gasteiger partial charge >= 0.3 is 5.97 Å². The minimum Gasteiger partial charge on any atom is -0.497 e. The number of carbonyl (C=O) groups is 1. The smallest absolute Gasteiger partial charge is 0.368 e. The Balaban J connectivity index is 1.64. The van der Waals surface area contributed by atoms with Crippen LogP contribution in [0.25, 0.3) is 10.2 Å². The van der Waals surface area contributed by atoms with Crippen molar-refractivity contribution in [2.75, 3.05) is 16.8 Å². The summed E-state index contributed by atoms with van der Waals surface area (Å²) in [6, 6.07) is 12.2. The fourth-order valence-corrected chi connectivity index (χ4v) is 5.12. The zero-order valence-electron chi connectivity index (χ0n) is 14.9. The number of anilines is 2. The molecule has 1 aliphatic rings. The molecule has 28 heavy (non-hydrogen) atoms. The molecule has 0 bridgehead atoms. The lowest BCUT2D eigenvalue weighted by atomic mass is 10.2. The molecule has 0 amide bonds. The molecule has 1 aromatic heterocycles. The van der Waals surface area contributed by atoms with Crippen molar-refractivity contribution in [2.24, 2.45) is 0 Å². The van der Waals surface area contributed by atoms with Crippen LogP contribution in [-0.4, -0.2) is 31.9 Å².